The van der Waals surface area contributed by atoms with Gasteiger partial charge in [-0.15, -0.1) is 0 Å². The van der Waals surface area contributed by atoms with E-state index in [0.717, 1.165) is 58.5 Å². The van der Waals surface area contributed by atoms with Crippen LogP contribution < -0.4 is 5.32 Å². The average molecular weight is 342 g/mol. The maximum absolute atomic E-state index is 10.1. The summed E-state index contributed by atoms with van der Waals surface area (Å²) in [4.78, 5) is 15.1. The van der Waals surface area contributed by atoms with Crippen molar-refractivity contribution in [3.63, 3.8) is 0 Å². The molecule has 0 bridgehead atoms. The van der Waals surface area contributed by atoms with Crippen molar-refractivity contribution in [2.24, 2.45) is 0 Å². The highest BCUT2D eigenvalue weighted by atomic mass is 16.5. The van der Waals surface area contributed by atoms with Crippen LogP contribution in [0.4, 0.5) is 0 Å². The fourth-order valence-corrected chi connectivity index (χ4v) is 2.33. The van der Waals surface area contributed by atoms with Gasteiger partial charge in [0.2, 0.25) is 6.41 Å². The molecule has 0 unspecified atom stereocenters. The molecule has 24 heavy (non-hydrogen) atoms. The zero-order valence-corrected chi connectivity index (χ0v) is 16.7. The Labute approximate surface area is 149 Å². The minimum atomic E-state index is 0.0417. The highest BCUT2D eigenvalue weighted by molar-refractivity contribution is 5.45. The van der Waals surface area contributed by atoms with Gasteiger partial charge in [-0.25, -0.2) is 0 Å². The maximum atomic E-state index is 10.1. The van der Waals surface area contributed by atoms with Gasteiger partial charge in [-0.1, -0.05) is 12.2 Å². The molecule has 1 aliphatic rings. The first kappa shape index (κ1) is 23.1. The zero-order valence-electron chi connectivity index (χ0n) is 16.7. The maximum Gasteiger partial charge on any atom is 0.207 e. The molecule has 1 N–H and O–H groups in total. The minimum Gasteiger partial charge on any atom is -0.379 e. The second-order valence-electron chi connectivity index (χ2n) is 7.65. The third-order valence-corrected chi connectivity index (χ3v) is 4.13. The standard InChI is InChI=1S/C14H27N3O.C5H12O/c1-13(2)17-9-7-16(8-10-17)11-14(3)5-4-6-15-12-18;1-5(2,3)6-4/h12-13H,3-11H2,1-2H3,(H,15,18);1-4H3. The highest BCUT2D eigenvalue weighted by Crippen LogP contribution is 2.10. The van der Waals surface area contributed by atoms with E-state index in [2.05, 4.69) is 35.5 Å². The molecule has 5 nitrogen and oxygen atoms in total. The highest BCUT2D eigenvalue weighted by Gasteiger charge is 2.18. The molecule has 1 saturated heterocycles. The van der Waals surface area contributed by atoms with Gasteiger partial charge >= 0.3 is 0 Å². The molecule has 0 aromatic heterocycles. The van der Waals surface area contributed by atoms with Crippen LogP contribution in [0.15, 0.2) is 12.2 Å². The first-order valence-corrected chi connectivity index (χ1v) is 9.05. The third-order valence-electron chi connectivity index (χ3n) is 4.13. The number of hydrogen-bond acceptors (Lipinski definition) is 4. The number of nitrogens with one attached hydrogen (secondary N) is 1. The SMILES string of the molecule is C=C(CCCNC=O)CN1CCN(C(C)C)CC1.COC(C)(C)C. The van der Waals surface area contributed by atoms with Gasteiger partial charge in [-0.2, -0.15) is 0 Å². The van der Waals surface area contributed by atoms with E-state index in [4.69, 9.17) is 4.74 Å². The predicted molar refractivity (Wildman–Crippen MR) is 102 cm³/mol. The monoisotopic (exact) mass is 341 g/mol. The predicted octanol–water partition coefficient (Wildman–Crippen LogP) is 2.53. The van der Waals surface area contributed by atoms with Crippen LogP contribution in [-0.4, -0.2) is 74.2 Å². The molecule has 5 heteroatoms. The Hall–Kier alpha value is -0.910. The molecule has 0 aromatic carbocycles. The Balaban J connectivity index is 0.000000754. The summed E-state index contributed by atoms with van der Waals surface area (Å²) in [5.74, 6) is 0. The number of methoxy groups -OCH3 is 1. The Morgan fingerprint density at radius 1 is 1.25 bits per heavy atom. The topological polar surface area (TPSA) is 44.8 Å². The molecule has 0 saturated carbocycles. The summed E-state index contributed by atoms with van der Waals surface area (Å²) in [5, 5.41) is 2.68. The molecular formula is C19H39N3O2. The largest absolute Gasteiger partial charge is 0.379 e. The summed E-state index contributed by atoms with van der Waals surface area (Å²) in [6.07, 6.45) is 2.75. The fraction of sp³-hybridized carbons (Fsp3) is 0.842. The van der Waals surface area contributed by atoms with Crippen molar-refractivity contribution in [1.82, 2.24) is 15.1 Å². The Bertz CT molecular complexity index is 343. The van der Waals surface area contributed by atoms with Crippen LogP contribution in [0.25, 0.3) is 0 Å². The quantitative estimate of drug-likeness (QED) is 0.419. The number of carbonyl (C=O) groups excluding carboxylic acids is 1. The van der Waals surface area contributed by atoms with Gasteiger partial charge in [0.1, 0.15) is 0 Å². The van der Waals surface area contributed by atoms with E-state index in [9.17, 15) is 4.79 Å². The van der Waals surface area contributed by atoms with Crippen molar-refractivity contribution in [2.75, 3.05) is 46.4 Å². The van der Waals surface area contributed by atoms with Crippen LogP contribution in [0.1, 0.15) is 47.5 Å². The van der Waals surface area contributed by atoms with E-state index < -0.39 is 0 Å². The number of rotatable bonds is 8. The first-order valence-electron chi connectivity index (χ1n) is 9.05. The van der Waals surface area contributed by atoms with E-state index in [0.29, 0.717) is 6.04 Å². The van der Waals surface area contributed by atoms with Crippen molar-refractivity contribution >= 4 is 6.41 Å². The molecule has 0 radical (unpaired) electrons. The lowest BCUT2D eigenvalue weighted by atomic mass is 10.1. The van der Waals surface area contributed by atoms with Crippen molar-refractivity contribution in [3.8, 4) is 0 Å². The molecule has 1 rings (SSSR count). The summed E-state index contributed by atoms with van der Waals surface area (Å²) in [5.41, 5.74) is 1.32. The van der Waals surface area contributed by atoms with Gasteiger partial charge in [0.05, 0.1) is 5.60 Å². The molecule has 1 aliphatic heterocycles. The normalized spacial score (nSPS) is 16.5. The minimum absolute atomic E-state index is 0.0417. The number of hydrogen-bond donors (Lipinski definition) is 1. The summed E-state index contributed by atoms with van der Waals surface area (Å²) in [6, 6.07) is 0.657. The average Bonchev–Trinajstić information content (AvgIpc) is 2.52. The van der Waals surface area contributed by atoms with Crippen molar-refractivity contribution in [3.05, 3.63) is 12.2 Å². The number of amides is 1. The number of piperazine rings is 1. The molecule has 0 aromatic rings. The summed E-state index contributed by atoms with van der Waals surface area (Å²) in [6.45, 7) is 21.1. The molecule has 0 spiro atoms. The second-order valence-corrected chi connectivity index (χ2v) is 7.65. The summed E-state index contributed by atoms with van der Waals surface area (Å²) in [7, 11) is 1.71. The van der Waals surface area contributed by atoms with Crippen LogP contribution >= 0.6 is 0 Å². The van der Waals surface area contributed by atoms with Gasteiger partial charge in [0.15, 0.2) is 0 Å². The van der Waals surface area contributed by atoms with Crippen LogP contribution in [0, 0.1) is 0 Å². The fourth-order valence-electron chi connectivity index (χ4n) is 2.33. The smallest absolute Gasteiger partial charge is 0.207 e. The van der Waals surface area contributed by atoms with Crippen LogP contribution in [0.2, 0.25) is 0 Å². The second kappa shape index (κ2) is 12.5. The Morgan fingerprint density at radius 2 is 1.79 bits per heavy atom. The van der Waals surface area contributed by atoms with Gasteiger partial charge in [0, 0.05) is 52.4 Å². The molecule has 0 atom stereocenters. The van der Waals surface area contributed by atoms with E-state index in [1.807, 2.05) is 20.8 Å². The first-order chi connectivity index (χ1) is 11.2. The number of carbonyl (C=O) groups is 1. The molecule has 1 heterocycles. The van der Waals surface area contributed by atoms with Gasteiger partial charge in [-0.05, 0) is 47.5 Å². The van der Waals surface area contributed by atoms with Gasteiger partial charge in [-0.3, -0.25) is 14.6 Å². The van der Waals surface area contributed by atoms with Crippen molar-refractivity contribution in [1.29, 1.82) is 0 Å². The van der Waals surface area contributed by atoms with Gasteiger partial charge in [0.25, 0.3) is 0 Å². The lowest BCUT2D eigenvalue weighted by Gasteiger charge is -2.37. The summed E-state index contributed by atoms with van der Waals surface area (Å²) < 4.78 is 4.94. The molecule has 0 aliphatic carbocycles. The number of nitrogens with zero attached hydrogens (tertiary/aromatic N) is 2. The Kier molecular flexibility index (Phi) is 12.0. The molecular weight excluding hydrogens is 302 g/mol. The lowest BCUT2D eigenvalue weighted by Crippen LogP contribution is -2.49. The van der Waals surface area contributed by atoms with Crippen LogP contribution in [-0.2, 0) is 9.53 Å². The van der Waals surface area contributed by atoms with E-state index in [1.54, 1.807) is 7.11 Å². The number of ether oxygens (including phenoxy) is 1. The molecule has 1 amide bonds. The molecule has 142 valence electrons. The van der Waals surface area contributed by atoms with Crippen molar-refractivity contribution < 1.29 is 9.53 Å². The lowest BCUT2D eigenvalue weighted by molar-refractivity contribution is -0.109. The third kappa shape index (κ3) is 12.5. The molecule has 1 fully saturated rings. The van der Waals surface area contributed by atoms with Crippen molar-refractivity contribution in [2.45, 2.75) is 59.1 Å². The van der Waals surface area contributed by atoms with E-state index in [-0.39, 0.29) is 5.60 Å². The summed E-state index contributed by atoms with van der Waals surface area (Å²) >= 11 is 0. The van der Waals surface area contributed by atoms with Gasteiger partial charge < -0.3 is 10.1 Å². The van der Waals surface area contributed by atoms with E-state index >= 15 is 0 Å². The Morgan fingerprint density at radius 3 is 2.21 bits per heavy atom. The zero-order chi connectivity index (χ0) is 18.6. The van der Waals surface area contributed by atoms with Crippen LogP contribution in [0.5, 0.6) is 0 Å². The van der Waals surface area contributed by atoms with Crippen LogP contribution in [0.3, 0.4) is 0 Å². The van der Waals surface area contributed by atoms with E-state index in [1.165, 1.54) is 5.57 Å².